The first-order valence-electron chi connectivity index (χ1n) is 6.77. The highest BCUT2D eigenvalue weighted by Crippen LogP contribution is 2.35. The minimum Gasteiger partial charge on any atom is -0.496 e. The molecule has 7 nitrogen and oxygen atoms in total. The van der Waals surface area contributed by atoms with E-state index in [0.29, 0.717) is 18.0 Å². The first kappa shape index (κ1) is 17.6. The highest BCUT2D eigenvalue weighted by atomic mass is 16.6. The molecule has 7 heteroatoms. The Kier molecular flexibility index (Phi) is 6.49. The van der Waals surface area contributed by atoms with Crippen molar-refractivity contribution in [3.8, 4) is 17.2 Å². The molecule has 1 N–H and O–H groups in total. The van der Waals surface area contributed by atoms with E-state index in [-0.39, 0.29) is 17.2 Å². The van der Waals surface area contributed by atoms with E-state index in [1.54, 1.807) is 6.92 Å². The SMILES string of the molecule is CCNC(=O)[C@H](C)OC(=O)c1cc(OC)c(OC)cc1OC. The summed E-state index contributed by atoms with van der Waals surface area (Å²) in [5.41, 5.74) is 0.149. The van der Waals surface area contributed by atoms with Crippen molar-refractivity contribution in [2.45, 2.75) is 20.0 Å². The summed E-state index contributed by atoms with van der Waals surface area (Å²) in [7, 11) is 4.36. The van der Waals surface area contributed by atoms with Crippen LogP contribution in [0.1, 0.15) is 24.2 Å². The van der Waals surface area contributed by atoms with E-state index in [2.05, 4.69) is 5.32 Å². The Hall–Kier alpha value is -2.44. The zero-order chi connectivity index (χ0) is 16.7. The van der Waals surface area contributed by atoms with Gasteiger partial charge < -0.3 is 24.3 Å². The number of hydrogen-bond acceptors (Lipinski definition) is 6. The largest absolute Gasteiger partial charge is 0.496 e. The molecule has 22 heavy (non-hydrogen) atoms. The van der Waals surface area contributed by atoms with Crippen LogP contribution in [0.15, 0.2) is 12.1 Å². The number of carbonyl (C=O) groups excluding carboxylic acids is 2. The Labute approximate surface area is 129 Å². The van der Waals surface area contributed by atoms with Gasteiger partial charge in [0.1, 0.15) is 11.3 Å². The van der Waals surface area contributed by atoms with Crippen molar-refractivity contribution in [2.75, 3.05) is 27.9 Å². The summed E-state index contributed by atoms with van der Waals surface area (Å²) in [6.07, 6.45) is -0.912. The van der Waals surface area contributed by atoms with E-state index >= 15 is 0 Å². The third-order valence-corrected chi connectivity index (χ3v) is 2.93. The van der Waals surface area contributed by atoms with Gasteiger partial charge in [0.05, 0.1) is 21.3 Å². The number of hydrogen-bond donors (Lipinski definition) is 1. The van der Waals surface area contributed by atoms with Crippen LogP contribution in [-0.4, -0.2) is 45.9 Å². The average molecular weight is 311 g/mol. The van der Waals surface area contributed by atoms with Gasteiger partial charge in [-0.15, -0.1) is 0 Å². The van der Waals surface area contributed by atoms with E-state index < -0.39 is 12.1 Å². The molecule has 1 amide bonds. The van der Waals surface area contributed by atoms with Gasteiger partial charge in [0.15, 0.2) is 17.6 Å². The molecule has 122 valence electrons. The molecule has 0 aliphatic carbocycles. The monoisotopic (exact) mass is 311 g/mol. The van der Waals surface area contributed by atoms with E-state index in [1.807, 2.05) is 0 Å². The van der Waals surface area contributed by atoms with Gasteiger partial charge in [-0.2, -0.15) is 0 Å². The summed E-state index contributed by atoms with van der Waals surface area (Å²) in [5.74, 6) is 0.00573. The number of ether oxygens (including phenoxy) is 4. The van der Waals surface area contributed by atoms with Gasteiger partial charge in [0.25, 0.3) is 5.91 Å². The zero-order valence-corrected chi connectivity index (χ0v) is 13.4. The molecule has 0 aliphatic rings. The maximum atomic E-state index is 12.2. The Balaban J connectivity index is 3.04. The molecule has 0 heterocycles. The van der Waals surface area contributed by atoms with Crippen LogP contribution in [0.25, 0.3) is 0 Å². The van der Waals surface area contributed by atoms with Crippen LogP contribution >= 0.6 is 0 Å². The lowest BCUT2D eigenvalue weighted by Gasteiger charge is -2.16. The number of rotatable bonds is 7. The van der Waals surface area contributed by atoms with Gasteiger partial charge in [-0.1, -0.05) is 0 Å². The second kappa shape index (κ2) is 8.11. The molecule has 1 rings (SSSR count). The number of carbonyl (C=O) groups is 2. The van der Waals surface area contributed by atoms with Crippen molar-refractivity contribution >= 4 is 11.9 Å². The molecule has 0 radical (unpaired) electrons. The highest BCUT2D eigenvalue weighted by molar-refractivity contribution is 5.95. The zero-order valence-electron chi connectivity index (χ0n) is 13.4. The van der Waals surface area contributed by atoms with Crippen molar-refractivity contribution in [3.63, 3.8) is 0 Å². The average Bonchev–Trinajstić information content (AvgIpc) is 2.53. The topological polar surface area (TPSA) is 83.1 Å². The van der Waals surface area contributed by atoms with Crippen molar-refractivity contribution < 1.29 is 28.5 Å². The van der Waals surface area contributed by atoms with E-state index in [9.17, 15) is 9.59 Å². The van der Waals surface area contributed by atoms with Gasteiger partial charge in [0, 0.05) is 18.7 Å². The van der Waals surface area contributed by atoms with Crippen molar-refractivity contribution in [1.82, 2.24) is 5.32 Å². The normalized spacial score (nSPS) is 11.3. The lowest BCUT2D eigenvalue weighted by atomic mass is 10.1. The first-order valence-corrected chi connectivity index (χ1v) is 6.77. The van der Waals surface area contributed by atoms with Crippen molar-refractivity contribution in [1.29, 1.82) is 0 Å². The summed E-state index contributed by atoms with van der Waals surface area (Å²) >= 11 is 0. The van der Waals surface area contributed by atoms with Crippen LogP contribution in [0.2, 0.25) is 0 Å². The van der Waals surface area contributed by atoms with E-state index in [1.165, 1.54) is 40.4 Å². The third-order valence-electron chi connectivity index (χ3n) is 2.93. The molecule has 0 bridgehead atoms. The number of methoxy groups -OCH3 is 3. The summed E-state index contributed by atoms with van der Waals surface area (Å²) in [5, 5.41) is 2.58. The molecule has 0 saturated heterocycles. The fourth-order valence-electron chi connectivity index (χ4n) is 1.78. The second-order valence-electron chi connectivity index (χ2n) is 4.35. The Bertz CT molecular complexity index is 543. The molecule has 1 atom stereocenters. The van der Waals surface area contributed by atoms with Gasteiger partial charge in [0.2, 0.25) is 0 Å². The van der Waals surface area contributed by atoms with Gasteiger partial charge in [-0.25, -0.2) is 4.79 Å². The molecule has 1 aromatic carbocycles. The van der Waals surface area contributed by atoms with Crippen LogP contribution in [0, 0.1) is 0 Å². The van der Waals surface area contributed by atoms with Crippen LogP contribution in [0.5, 0.6) is 17.2 Å². The molecule has 0 aromatic heterocycles. The Morgan fingerprint density at radius 3 is 2.09 bits per heavy atom. The minimum atomic E-state index is -0.912. The lowest BCUT2D eigenvalue weighted by Crippen LogP contribution is -2.35. The summed E-state index contributed by atoms with van der Waals surface area (Å²) < 4.78 is 20.6. The molecule has 0 saturated carbocycles. The molecule has 0 aliphatic heterocycles. The van der Waals surface area contributed by atoms with Crippen molar-refractivity contribution in [3.05, 3.63) is 17.7 Å². The minimum absolute atomic E-state index is 0.149. The molecule has 0 spiro atoms. The molecule has 1 aromatic rings. The highest BCUT2D eigenvalue weighted by Gasteiger charge is 2.23. The number of esters is 1. The van der Waals surface area contributed by atoms with Crippen LogP contribution < -0.4 is 19.5 Å². The Morgan fingerprint density at radius 1 is 1.05 bits per heavy atom. The Morgan fingerprint density at radius 2 is 1.59 bits per heavy atom. The summed E-state index contributed by atoms with van der Waals surface area (Å²) in [6, 6.07) is 2.97. The van der Waals surface area contributed by atoms with Crippen LogP contribution in [0.3, 0.4) is 0 Å². The number of nitrogens with one attached hydrogen (secondary N) is 1. The van der Waals surface area contributed by atoms with Crippen LogP contribution in [0.4, 0.5) is 0 Å². The van der Waals surface area contributed by atoms with Gasteiger partial charge in [-0.05, 0) is 13.8 Å². The van der Waals surface area contributed by atoms with Gasteiger partial charge >= 0.3 is 5.97 Å². The molecular formula is C15H21NO6. The van der Waals surface area contributed by atoms with E-state index in [0.717, 1.165) is 0 Å². The maximum Gasteiger partial charge on any atom is 0.342 e. The van der Waals surface area contributed by atoms with E-state index in [4.69, 9.17) is 18.9 Å². The number of benzene rings is 1. The fraction of sp³-hybridized carbons (Fsp3) is 0.467. The lowest BCUT2D eigenvalue weighted by molar-refractivity contribution is -0.128. The second-order valence-corrected chi connectivity index (χ2v) is 4.35. The molecule has 0 fully saturated rings. The molecular weight excluding hydrogens is 290 g/mol. The number of amides is 1. The maximum absolute atomic E-state index is 12.2. The standard InChI is InChI=1S/C15H21NO6/c1-6-16-14(17)9(2)22-15(18)10-7-12(20-4)13(21-5)8-11(10)19-3/h7-9H,6H2,1-5H3,(H,16,17)/t9-/m0/s1. The van der Waals surface area contributed by atoms with Gasteiger partial charge in [-0.3, -0.25) is 4.79 Å². The molecule has 0 unspecified atom stereocenters. The quantitative estimate of drug-likeness (QED) is 0.766. The van der Waals surface area contributed by atoms with Crippen LogP contribution in [-0.2, 0) is 9.53 Å². The fourth-order valence-corrected chi connectivity index (χ4v) is 1.78. The van der Waals surface area contributed by atoms with Crippen molar-refractivity contribution in [2.24, 2.45) is 0 Å². The number of likely N-dealkylation sites (N-methyl/N-ethyl adjacent to an activating group) is 1. The smallest absolute Gasteiger partial charge is 0.342 e. The first-order chi connectivity index (χ1) is 10.5. The summed E-state index contributed by atoms with van der Waals surface area (Å²) in [4.78, 5) is 23.9. The third kappa shape index (κ3) is 4.03. The predicted octanol–water partition coefficient (Wildman–Crippen LogP) is 1.39. The predicted molar refractivity (Wildman–Crippen MR) is 79.7 cm³/mol. The summed E-state index contributed by atoms with van der Waals surface area (Å²) in [6.45, 7) is 3.74.